The van der Waals surface area contributed by atoms with E-state index in [0.717, 1.165) is 22.5 Å². The van der Waals surface area contributed by atoms with Gasteiger partial charge in [-0.3, -0.25) is 4.79 Å². The molecule has 6 nitrogen and oxygen atoms in total. The van der Waals surface area contributed by atoms with Gasteiger partial charge in [-0.25, -0.2) is 4.68 Å². The normalized spacial score (nSPS) is 11.6. The van der Waals surface area contributed by atoms with Gasteiger partial charge in [0.25, 0.3) is 0 Å². The number of nitrogens with zero attached hydrogens (tertiary/aromatic N) is 3. The van der Waals surface area contributed by atoms with Crippen molar-refractivity contribution in [3.63, 3.8) is 0 Å². The minimum Gasteiger partial charge on any atom is -0.380 e. The largest absolute Gasteiger partial charge is 0.380 e. The van der Waals surface area contributed by atoms with E-state index >= 15 is 0 Å². The number of hydrogen-bond acceptors (Lipinski definition) is 4. The summed E-state index contributed by atoms with van der Waals surface area (Å²) in [6.45, 7) is 0.772. The van der Waals surface area contributed by atoms with E-state index in [-0.39, 0.29) is 30.8 Å². The Morgan fingerprint density at radius 2 is 1.76 bits per heavy atom. The molecule has 0 spiro atoms. The number of benzene rings is 2. The maximum absolute atomic E-state index is 12.6. The Morgan fingerprint density at radius 1 is 1.14 bits per heavy atom. The molecule has 1 atom stereocenters. The first-order valence-electron chi connectivity index (χ1n) is 9.28. The number of para-hydroxylation sites is 1. The van der Waals surface area contributed by atoms with Crippen molar-refractivity contribution in [3.05, 3.63) is 72.4 Å². The molecule has 0 bridgehead atoms. The second-order valence-corrected chi connectivity index (χ2v) is 6.70. The number of carbonyl (C=O) groups excluding carboxylic acids is 1. The summed E-state index contributed by atoms with van der Waals surface area (Å²) in [6.07, 6.45) is 1.98. The van der Waals surface area contributed by atoms with Crippen molar-refractivity contribution in [2.24, 2.45) is 5.73 Å². The van der Waals surface area contributed by atoms with Crippen LogP contribution in [0.4, 0.5) is 0 Å². The Hall–Kier alpha value is -2.67. The third-order valence-corrected chi connectivity index (χ3v) is 4.69. The average Bonchev–Trinajstić information content (AvgIpc) is 3.16. The molecule has 0 aliphatic heterocycles. The van der Waals surface area contributed by atoms with Crippen LogP contribution in [0.25, 0.3) is 16.9 Å². The number of halogens is 1. The number of carbonyl (C=O) groups is 1. The van der Waals surface area contributed by atoms with Crippen molar-refractivity contribution in [3.8, 4) is 16.9 Å². The number of methoxy groups -OCH3 is 1. The monoisotopic (exact) mass is 414 g/mol. The van der Waals surface area contributed by atoms with E-state index in [1.807, 2.05) is 71.5 Å². The van der Waals surface area contributed by atoms with Gasteiger partial charge in [0.05, 0.1) is 23.9 Å². The van der Waals surface area contributed by atoms with Gasteiger partial charge in [-0.1, -0.05) is 48.5 Å². The van der Waals surface area contributed by atoms with Crippen LogP contribution in [-0.2, 0) is 16.1 Å². The Balaban J connectivity index is 0.00000300. The highest BCUT2D eigenvalue weighted by Gasteiger charge is 2.19. The SMILES string of the molecule is COC(CN)CC(=O)N(C)Cc1cn(-c2ccccc2)nc1-c1ccccc1.Cl. The number of rotatable bonds is 8. The summed E-state index contributed by atoms with van der Waals surface area (Å²) in [5.41, 5.74) is 9.48. The van der Waals surface area contributed by atoms with E-state index in [1.165, 1.54) is 0 Å². The van der Waals surface area contributed by atoms with Crippen LogP contribution in [0.3, 0.4) is 0 Å². The van der Waals surface area contributed by atoms with Crippen molar-refractivity contribution in [1.29, 1.82) is 0 Å². The zero-order valence-corrected chi connectivity index (χ0v) is 17.5. The molecule has 0 saturated carbocycles. The van der Waals surface area contributed by atoms with Crippen LogP contribution in [0.5, 0.6) is 0 Å². The molecule has 29 heavy (non-hydrogen) atoms. The molecule has 3 rings (SSSR count). The molecule has 0 fully saturated rings. The summed E-state index contributed by atoms with van der Waals surface area (Å²) < 4.78 is 7.09. The van der Waals surface area contributed by atoms with E-state index in [0.29, 0.717) is 13.1 Å². The van der Waals surface area contributed by atoms with Gasteiger partial charge < -0.3 is 15.4 Å². The van der Waals surface area contributed by atoms with Crippen LogP contribution in [0.2, 0.25) is 0 Å². The predicted octanol–water partition coefficient (Wildman–Crippen LogP) is 3.28. The van der Waals surface area contributed by atoms with Gasteiger partial charge in [0, 0.05) is 44.6 Å². The van der Waals surface area contributed by atoms with Crippen molar-refractivity contribution < 1.29 is 9.53 Å². The zero-order chi connectivity index (χ0) is 19.9. The molecule has 1 aromatic heterocycles. The van der Waals surface area contributed by atoms with E-state index in [2.05, 4.69) is 0 Å². The number of hydrogen-bond donors (Lipinski definition) is 1. The van der Waals surface area contributed by atoms with E-state index in [1.54, 1.807) is 19.1 Å². The second-order valence-electron chi connectivity index (χ2n) is 6.70. The maximum Gasteiger partial charge on any atom is 0.225 e. The lowest BCUT2D eigenvalue weighted by molar-refractivity contribution is -0.132. The molecule has 1 unspecified atom stereocenters. The van der Waals surface area contributed by atoms with Crippen LogP contribution < -0.4 is 5.73 Å². The minimum absolute atomic E-state index is 0. The molecular weight excluding hydrogens is 388 g/mol. The third-order valence-electron chi connectivity index (χ3n) is 4.69. The van der Waals surface area contributed by atoms with Crippen LogP contribution in [0.15, 0.2) is 66.9 Å². The van der Waals surface area contributed by atoms with E-state index in [9.17, 15) is 4.79 Å². The summed E-state index contributed by atoms with van der Waals surface area (Å²) in [6, 6.07) is 19.9. The maximum atomic E-state index is 12.6. The predicted molar refractivity (Wildman–Crippen MR) is 117 cm³/mol. The molecule has 0 radical (unpaired) electrons. The molecule has 2 aromatic carbocycles. The van der Waals surface area contributed by atoms with Crippen LogP contribution in [0.1, 0.15) is 12.0 Å². The Kier molecular flexibility index (Phi) is 8.39. The van der Waals surface area contributed by atoms with Gasteiger partial charge in [0.15, 0.2) is 0 Å². The molecule has 1 heterocycles. The van der Waals surface area contributed by atoms with Crippen LogP contribution >= 0.6 is 12.4 Å². The van der Waals surface area contributed by atoms with E-state index in [4.69, 9.17) is 15.6 Å². The van der Waals surface area contributed by atoms with Gasteiger partial charge >= 0.3 is 0 Å². The lowest BCUT2D eigenvalue weighted by Crippen LogP contribution is -2.33. The lowest BCUT2D eigenvalue weighted by atomic mass is 10.1. The first-order valence-corrected chi connectivity index (χ1v) is 9.28. The number of ether oxygens (including phenoxy) is 1. The fraction of sp³-hybridized carbons (Fsp3) is 0.273. The second kappa shape index (κ2) is 10.8. The smallest absolute Gasteiger partial charge is 0.225 e. The number of aromatic nitrogens is 2. The summed E-state index contributed by atoms with van der Waals surface area (Å²) in [5.74, 6) is -0.0104. The topological polar surface area (TPSA) is 73.4 Å². The summed E-state index contributed by atoms with van der Waals surface area (Å²) >= 11 is 0. The Bertz CT molecular complexity index is 896. The Morgan fingerprint density at radius 3 is 2.34 bits per heavy atom. The van der Waals surface area contributed by atoms with Gasteiger partial charge in [-0.15, -0.1) is 12.4 Å². The molecular formula is C22H27ClN4O2. The highest BCUT2D eigenvalue weighted by atomic mass is 35.5. The zero-order valence-electron chi connectivity index (χ0n) is 16.7. The quantitative estimate of drug-likeness (QED) is 0.613. The molecule has 3 aromatic rings. The first kappa shape index (κ1) is 22.6. The van der Waals surface area contributed by atoms with Crippen molar-refractivity contribution >= 4 is 18.3 Å². The summed E-state index contributed by atoms with van der Waals surface area (Å²) in [4.78, 5) is 14.3. The molecule has 0 aliphatic rings. The lowest BCUT2D eigenvalue weighted by Gasteiger charge is -2.20. The van der Waals surface area contributed by atoms with Gasteiger partial charge in [0.1, 0.15) is 0 Å². The van der Waals surface area contributed by atoms with E-state index < -0.39 is 0 Å². The van der Waals surface area contributed by atoms with Gasteiger partial charge in [0.2, 0.25) is 5.91 Å². The molecule has 2 N–H and O–H groups in total. The molecule has 7 heteroatoms. The van der Waals surface area contributed by atoms with Gasteiger partial charge in [-0.05, 0) is 12.1 Å². The Labute approximate surface area is 177 Å². The highest BCUT2D eigenvalue weighted by Crippen LogP contribution is 2.25. The number of nitrogens with two attached hydrogens (primary N) is 1. The molecule has 154 valence electrons. The van der Waals surface area contributed by atoms with Crippen molar-refractivity contribution in [2.75, 3.05) is 20.7 Å². The number of amides is 1. The molecule has 0 saturated heterocycles. The summed E-state index contributed by atoms with van der Waals surface area (Å²) in [7, 11) is 3.36. The van der Waals surface area contributed by atoms with Crippen LogP contribution in [-0.4, -0.2) is 47.4 Å². The average molecular weight is 415 g/mol. The van der Waals surface area contributed by atoms with Crippen molar-refractivity contribution in [2.45, 2.75) is 19.1 Å². The molecule has 1 amide bonds. The fourth-order valence-corrected chi connectivity index (χ4v) is 3.03. The third kappa shape index (κ3) is 5.67. The van der Waals surface area contributed by atoms with Gasteiger partial charge in [-0.2, -0.15) is 5.10 Å². The standard InChI is InChI=1S/C22H26N4O2.ClH/c1-25(21(27)13-20(14-23)28-2)15-18-16-26(19-11-7-4-8-12-19)24-22(18)17-9-5-3-6-10-17;/h3-12,16,20H,13-15,23H2,1-2H3;1H. The summed E-state index contributed by atoms with van der Waals surface area (Å²) in [5, 5.41) is 4.79. The van der Waals surface area contributed by atoms with Crippen LogP contribution in [0, 0.1) is 0 Å². The molecule has 0 aliphatic carbocycles. The minimum atomic E-state index is -0.268. The highest BCUT2D eigenvalue weighted by molar-refractivity contribution is 5.85. The fourth-order valence-electron chi connectivity index (χ4n) is 3.03. The van der Waals surface area contributed by atoms with Crippen molar-refractivity contribution in [1.82, 2.24) is 14.7 Å². The first-order chi connectivity index (χ1) is 13.6.